The Morgan fingerprint density at radius 1 is 1.00 bits per heavy atom. The quantitative estimate of drug-likeness (QED) is 0.562. The SMILES string of the molecule is Cc1cc2nc3c(n(-c4ccc(Br)cc4)c-2cc1=NC1CCCCC1)=CCCC=3. The maximum atomic E-state index is 5.16. The van der Waals surface area contributed by atoms with Crippen LogP contribution in [0.1, 0.15) is 50.5 Å². The summed E-state index contributed by atoms with van der Waals surface area (Å²) in [4.78, 5) is 10.2. The Balaban J connectivity index is 1.80. The molecule has 1 aromatic rings. The van der Waals surface area contributed by atoms with Crippen LogP contribution in [0.3, 0.4) is 0 Å². The Morgan fingerprint density at radius 2 is 1.76 bits per heavy atom. The first-order chi connectivity index (χ1) is 14.2. The smallest absolute Gasteiger partial charge is 0.0882 e. The standard InChI is InChI=1S/C25H26BrN3/c1-17-15-23-25(16-22(17)27-19-7-3-2-4-8-19)29(20-13-11-18(26)12-14-20)24-10-6-5-9-21(24)28-23/h9-16,19H,2-8H2,1H3. The molecule has 3 nitrogen and oxygen atoms in total. The number of benzene rings is 2. The molecule has 0 N–H and O–H groups in total. The number of halogens is 1. The number of rotatable bonds is 2. The molecule has 0 atom stereocenters. The van der Waals surface area contributed by atoms with Gasteiger partial charge in [0.2, 0.25) is 0 Å². The summed E-state index contributed by atoms with van der Waals surface area (Å²) in [5, 5.41) is 3.40. The van der Waals surface area contributed by atoms with Gasteiger partial charge in [-0.05, 0) is 74.6 Å². The van der Waals surface area contributed by atoms with Crippen LogP contribution in [0.15, 0.2) is 45.9 Å². The third kappa shape index (κ3) is 3.71. The van der Waals surface area contributed by atoms with Crippen molar-refractivity contribution < 1.29 is 0 Å². The number of hydrogen-bond donors (Lipinski definition) is 0. The molecule has 0 radical (unpaired) electrons. The molecule has 0 aromatic heterocycles. The Kier molecular flexibility index (Phi) is 5.13. The molecule has 0 bridgehead atoms. The molecule has 0 spiro atoms. The van der Waals surface area contributed by atoms with Crippen molar-refractivity contribution in [3.63, 3.8) is 0 Å². The van der Waals surface area contributed by atoms with Crippen LogP contribution in [0.2, 0.25) is 0 Å². The molecule has 1 aromatic carbocycles. The molecule has 0 unspecified atom stereocenters. The van der Waals surface area contributed by atoms with Gasteiger partial charge in [-0.15, -0.1) is 0 Å². The summed E-state index contributed by atoms with van der Waals surface area (Å²) < 4.78 is 3.45. The highest BCUT2D eigenvalue weighted by Gasteiger charge is 2.16. The molecule has 1 fully saturated rings. The van der Waals surface area contributed by atoms with Gasteiger partial charge in [-0.25, -0.2) is 4.98 Å². The van der Waals surface area contributed by atoms with Crippen LogP contribution in [0.25, 0.3) is 29.2 Å². The molecule has 148 valence electrons. The third-order valence-electron chi connectivity index (χ3n) is 6.10. The number of aromatic nitrogens is 2. The first kappa shape index (κ1) is 18.8. The van der Waals surface area contributed by atoms with E-state index in [-0.39, 0.29) is 0 Å². The van der Waals surface area contributed by atoms with Crippen LogP contribution in [0, 0.1) is 6.92 Å². The van der Waals surface area contributed by atoms with Crippen LogP contribution < -0.4 is 16.1 Å². The van der Waals surface area contributed by atoms with Crippen molar-refractivity contribution in [3.05, 3.63) is 62.5 Å². The minimum atomic E-state index is 0.464. The molecule has 4 aliphatic rings. The topological polar surface area (TPSA) is 30.2 Å². The fourth-order valence-corrected chi connectivity index (χ4v) is 4.84. The van der Waals surface area contributed by atoms with Gasteiger partial charge in [-0.3, -0.25) is 4.99 Å². The lowest BCUT2D eigenvalue weighted by atomic mass is 9.96. The first-order valence-electron chi connectivity index (χ1n) is 10.7. The van der Waals surface area contributed by atoms with Gasteiger partial charge >= 0.3 is 0 Å². The highest BCUT2D eigenvalue weighted by atomic mass is 79.9. The summed E-state index contributed by atoms with van der Waals surface area (Å²) in [5.41, 5.74) is 4.56. The summed E-state index contributed by atoms with van der Waals surface area (Å²) >= 11 is 3.57. The average molecular weight is 448 g/mol. The van der Waals surface area contributed by atoms with E-state index in [1.54, 1.807) is 0 Å². The maximum Gasteiger partial charge on any atom is 0.0882 e. The monoisotopic (exact) mass is 447 g/mol. The van der Waals surface area contributed by atoms with Gasteiger partial charge in [0.15, 0.2) is 0 Å². The Morgan fingerprint density at radius 3 is 2.55 bits per heavy atom. The predicted molar refractivity (Wildman–Crippen MR) is 122 cm³/mol. The Bertz CT molecular complexity index is 1200. The van der Waals surface area contributed by atoms with Gasteiger partial charge in [0.25, 0.3) is 0 Å². The van der Waals surface area contributed by atoms with Gasteiger partial charge in [0, 0.05) is 10.2 Å². The van der Waals surface area contributed by atoms with Crippen molar-refractivity contribution in [1.29, 1.82) is 0 Å². The highest BCUT2D eigenvalue weighted by Crippen LogP contribution is 2.23. The van der Waals surface area contributed by atoms with E-state index in [0.29, 0.717) is 6.04 Å². The number of fused-ring (bicyclic) bond motifs is 2. The minimum absolute atomic E-state index is 0.464. The van der Waals surface area contributed by atoms with Gasteiger partial charge in [0.05, 0.1) is 33.5 Å². The molecule has 0 saturated heterocycles. The van der Waals surface area contributed by atoms with E-state index < -0.39 is 0 Å². The summed E-state index contributed by atoms with van der Waals surface area (Å²) in [5.74, 6) is 0. The molecular weight excluding hydrogens is 422 g/mol. The molecule has 3 aliphatic carbocycles. The molecule has 0 amide bonds. The van der Waals surface area contributed by atoms with E-state index in [9.17, 15) is 0 Å². The van der Waals surface area contributed by atoms with Gasteiger partial charge in [-0.2, -0.15) is 0 Å². The van der Waals surface area contributed by atoms with Crippen molar-refractivity contribution in [2.75, 3.05) is 0 Å². The Hall–Kier alpha value is -2.20. The summed E-state index contributed by atoms with van der Waals surface area (Å²) in [6.07, 6.45) is 13.1. The van der Waals surface area contributed by atoms with E-state index in [0.717, 1.165) is 45.1 Å². The lowest BCUT2D eigenvalue weighted by Gasteiger charge is -2.20. The van der Waals surface area contributed by atoms with E-state index in [1.807, 2.05) is 0 Å². The largest absolute Gasteiger partial charge is 0.306 e. The molecule has 5 rings (SSSR count). The van der Waals surface area contributed by atoms with Crippen molar-refractivity contribution >= 4 is 28.1 Å². The molecule has 29 heavy (non-hydrogen) atoms. The van der Waals surface area contributed by atoms with Crippen LogP contribution >= 0.6 is 15.9 Å². The van der Waals surface area contributed by atoms with Crippen molar-refractivity contribution in [2.24, 2.45) is 4.99 Å². The third-order valence-corrected chi connectivity index (χ3v) is 6.63. The molecule has 4 heteroatoms. The zero-order valence-electron chi connectivity index (χ0n) is 16.9. The zero-order chi connectivity index (χ0) is 19.8. The van der Waals surface area contributed by atoms with Crippen molar-refractivity contribution in [1.82, 2.24) is 9.55 Å². The van der Waals surface area contributed by atoms with Crippen molar-refractivity contribution in [3.8, 4) is 17.1 Å². The lowest BCUT2D eigenvalue weighted by Crippen LogP contribution is -2.40. The van der Waals surface area contributed by atoms with Crippen LogP contribution in [-0.2, 0) is 0 Å². The summed E-state index contributed by atoms with van der Waals surface area (Å²) in [6.45, 7) is 2.17. The summed E-state index contributed by atoms with van der Waals surface area (Å²) in [6, 6.07) is 13.5. The van der Waals surface area contributed by atoms with Crippen LogP contribution in [-0.4, -0.2) is 15.6 Å². The molecule has 1 aliphatic heterocycles. The fourth-order valence-electron chi connectivity index (χ4n) is 4.57. The van der Waals surface area contributed by atoms with Gasteiger partial charge < -0.3 is 4.57 Å². The minimum Gasteiger partial charge on any atom is -0.306 e. The predicted octanol–water partition coefficient (Wildman–Crippen LogP) is 4.64. The van der Waals surface area contributed by atoms with Crippen LogP contribution in [0.4, 0.5) is 0 Å². The second-order valence-corrected chi connectivity index (χ2v) is 9.14. The van der Waals surface area contributed by atoms with Crippen LogP contribution in [0.5, 0.6) is 0 Å². The van der Waals surface area contributed by atoms with E-state index in [2.05, 4.69) is 76.0 Å². The second kappa shape index (κ2) is 7.91. The molecular formula is C25H26BrN3. The molecule has 1 heterocycles. The van der Waals surface area contributed by atoms with Gasteiger partial charge in [0.1, 0.15) is 0 Å². The fraction of sp³-hybridized carbons (Fsp3) is 0.360. The summed E-state index contributed by atoms with van der Waals surface area (Å²) in [7, 11) is 0. The number of nitrogens with zero attached hydrogens (tertiary/aromatic N) is 3. The first-order valence-corrected chi connectivity index (χ1v) is 11.5. The van der Waals surface area contributed by atoms with E-state index in [4.69, 9.17) is 9.98 Å². The Labute approximate surface area is 180 Å². The lowest BCUT2D eigenvalue weighted by molar-refractivity contribution is 0.437. The number of aryl methyl sites for hydroxylation is 1. The second-order valence-electron chi connectivity index (χ2n) is 8.23. The number of hydrogen-bond acceptors (Lipinski definition) is 2. The van der Waals surface area contributed by atoms with E-state index >= 15 is 0 Å². The molecule has 1 saturated carbocycles. The van der Waals surface area contributed by atoms with Gasteiger partial charge in [-0.1, -0.05) is 47.3 Å². The van der Waals surface area contributed by atoms with Crippen molar-refractivity contribution in [2.45, 2.75) is 57.9 Å². The van der Waals surface area contributed by atoms with E-state index in [1.165, 1.54) is 43.0 Å². The highest BCUT2D eigenvalue weighted by molar-refractivity contribution is 9.10. The normalized spacial score (nSPS) is 17.7. The maximum absolute atomic E-state index is 5.16. The zero-order valence-corrected chi connectivity index (χ0v) is 18.5. The average Bonchev–Trinajstić information content (AvgIpc) is 2.74.